The predicted molar refractivity (Wildman–Crippen MR) is 71.2 cm³/mol. The molecule has 1 aromatic rings. The summed E-state index contributed by atoms with van der Waals surface area (Å²) in [5.74, 6) is -1.59. The number of halogens is 1. The minimum Gasteiger partial charge on any atom is -0.480 e. The first-order valence-corrected chi connectivity index (χ1v) is 6.03. The Morgan fingerprint density at radius 2 is 2.11 bits per heavy atom. The standard InChI is InChI=1S/C12H15ClN2O4/c13-8-2-1-3-9(6-8)15-11(17)7-10(12(18)19)14-4-5-16/h1-3,6,10,14,16H,4-5,7H2,(H,15,17)(H,18,19). The van der Waals surface area contributed by atoms with Gasteiger partial charge in [0, 0.05) is 17.3 Å². The molecular weight excluding hydrogens is 272 g/mol. The zero-order valence-electron chi connectivity index (χ0n) is 10.1. The van der Waals surface area contributed by atoms with Gasteiger partial charge in [0.1, 0.15) is 6.04 Å². The normalized spacial score (nSPS) is 11.9. The van der Waals surface area contributed by atoms with Gasteiger partial charge in [-0.15, -0.1) is 0 Å². The van der Waals surface area contributed by atoms with Crippen LogP contribution in [0.5, 0.6) is 0 Å². The molecule has 1 rings (SSSR count). The second kappa shape index (κ2) is 7.73. The highest BCUT2D eigenvalue weighted by atomic mass is 35.5. The number of aliphatic hydroxyl groups excluding tert-OH is 1. The van der Waals surface area contributed by atoms with Crippen molar-refractivity contribution in [2.24, 2.45) is 0 Å². The van der Waals surface area contributed by atoms with Gasteiger partial charge < -0.3 is 20.8 Å². The number of aliphatic hydroxyl groups is 1. The molecule has 0 aromatic heterocycles. The highest BCUT2D eigenvalue weighted by Gasteiger charge is 2.20. The number of carbonyl (C=O) groups excluding carboxylic acids is 1. The lowest BCUT2D eigenvalue weighted by Gasteiger charge is -2.13. The van der Waals surface area contributed by atoms with Crippen LogP contribution < -0.4 is 10.6 Å². The Balaban J connectivity index is 2.55. The van der Waals surface area contributed by atoms with Gasteiger partial charge in [0.15, 0.2) is 0 Å². The van der Waals surface area contributed by atoms with E-state index in [9.17, 15) is 9.59 Å². The van der Waals surface area contributed by atoms with Crippen molar-refractivity contribution in [2.75, 3.05) is 18.5 Å². The molecule has 0 spiro atoms. The number of carboxylic acids is 1. The average Bonchev–Trinajstić information content (AvgIpc) is 2.34. The first-order valence-electron chi connectivity index (χ1n) is 5.65. The Labute approximate surface area is 115 Å². The number of amides is 1. The molecule has 0 aliphatic rings. The summed E-state index contributed by atoms with van der Waals surface area (Å²) >= 11 is 5.77. The molecule has 1 amide bonds. The SMILES string of the molecule is O=C(CC(NCCO)C(=O)O)Nc1cccc(Cl)c1. The summed E-state index contributed by atoms with van der Waals surface area (Å²) in [5, 5.41) is 23.1. The number of rotatable bonds is 7. The van der Waals surface area contributed by atoms with Gasteiger partial charge in [0.25, 0.3) is 0 Å². The summed E-state index contributed by atoms with van der Waals surface area (Å²) in [5.41, 5.74) is 0.504. The Morgan fingerprint density at radius 3 is 2.68 bits per heavy atom. The lowest BCUT2D eigenvalue weighted by atomic mass is 10.2. The molecule has 0 heterocycles. The third kappa shape index (κ3) is 5.69. The van der Waals surface area contributed by atoms with Crippen LogP contribution in [-0.2, 0) is 9.59 Å². The van der Waals surface area contributed by atoms with Gasteiger partial charge >= 0.3 is 5.97 Å². The van der Waals surface area contributed by atoms with Crippen molar-refractivity contribution >= 4 is 29.2 Å². The molecule has 19 heavy (non-hydrogen) atoms. The summed E-state index contributed by atoms with van der Waals surface area (Å²) in [6, 6.07) is 5.53. The molecule has 0 fully saturated rings. The zero-order chi connectivity index (χ0) is 14.3. The Hall–Kier alpha value is -1.63. The van der Waals surface area contributed by atoms with E-state index >= 15 is 0 Å². The molecule has 4 N–H and O–H groups in total. The largest absolute Gasteiger partial charge is 0.480 e. The summed E-state index contributed by atoms with van der Waals surface area (Å²) in [7, 11) is 0. The lowest BCUT2D eigenvalue weighted by Crippen LogP contribution is -2.41. The maximum atomic E-state index is 11.7. The molecule has 1 atom stereocenters. The minimum atomic E-state index is -1.14. The van der Waals surface area contributed by atoms with Gasteiger partial charge in [-0.3, -0.25) is 9.59 Å². The first-order chi connectivity index (χ1) is 9.02. The number of hydrogen-bond donors (Lipinski definition) is 4. The van der Waals surface area contributed by atoms with Crippen LogP contribution in [-0.4, -0.2) is 41.3 Å². The van der Waals surface area contributed by atoms with E-state index in [1.165, 1.54) is 0 Å². The number of aliphatic carboxylic acids is 1. The van der Waals surface area contributed by atoms with Crippen LogP contribution in [0.4, 0.5) is 5.69 Å². The molecule has 0 saturated heterocycles. The number of hydrogen-bond acceptors (Lipinski definition) is 4. The van der Waals surface area contributed by atoms with E-state index in [0.717, 1.165) is 0 Å². The lowest BCUT2D eigenvalue weighted by molar-refractivity contribution is -0.141. The topological polar surface area (TPSA) is 98.7 Å². The number of carboxylic acid groups (broad SMARTS) is 1. The van der Waals surface area contributed by atoms with E-state index in [1.807, 2.05) is 0 Å². The van der Waals surface area contributed by atoms with E-state index in [4.69, 9.17) is 21.8 Å². The monoisotopic (exact) mass is 286 g/mol. The molecule has 0 saturated carbocycles. The van der Waals surface area contributed by atoms with Gasteiger partial charge in [-0.1, -0.05) is 17.7 Å². The van der Waals surface area contributed by atoms with Crippen LogP contribution >= 0.6 is 11.6 Å². The van der Waals surface area contributed by atoms with Crippen LogP contribution in [0.15, 0.2) is 24.3 Å². The second-order valence-electron chi connectivity index (χ2n) is 3.83. The summed E-state index contributed by atoms with van der Waals surface area (Å²) in [4.78, 5) is 22.6. The highest BCUT2D eigenvalue weighted by molar-refractivity contribution is 6.30. The van der Waals surface area contributed by atoms with Crippen molar-refractivity contribution in [1.29, 1.82) is 0 Å². The highest BCUT2D eigenvalue weighted by Crippen LogP contribution is 2.15. The maximum Gasteiger partial charge on any atom is 0.321 e. The molecule has 7 heteroatoms. The van der Waals surface area contributed by atoms with Crippen LogP contribution in [0.25, 0.3) is 0 Å². The van der Waals surface area contributed by atoms with Gasteiger partial charge in [-0.25, -0.2) is 0 Å². The van der Waals surface area contributed by atoms with Crippen LogP contribution in [0.2, 0.25) is 5.02 Å². The van der Waals surface area contributed by atoms with E-state index in [-0.39, 0.29) is 19.6 Å². The fraction of sp³-hybridized carbons (Fsp3) is 0.333. The van der Waals surface area contributed by atoms with Crippen LogP contribution in [0.3, 0.4) is 0 Å². The maximum absolute atomic E-state index is 11.7. The van der Waals surface area contributed by atoms with Crippen molar-refractivity contribution in [3.8, 4) is 0 Å². The molecule has 0 radical (unpaired) electrons. The predicted octanol–water partition coefficient (Wildman–Crippen LogP) is 0.704. The summed E-state index contributed by atoms with van der Waals surface area (Å²) < 4.78 is 0. The third-order valence-corrected chi connectivity index (χ3v) is 2.53. The third-order valence-electron chi connectivity index (χ3n) is 2.30. The second-order valence-corrected chi connectivity index (χ2v) is 4.27. The van der Waals surface area contributed by atoms with Gasteiger partial charge in [0.2, 0.25) is 5.91 Å². The minimum absolute atomic E-state index is 0.113. The van der Waals surface area contributed by atoms with Crippen molar-refractivity contribution < 1.29 is 19.8 Å². The molecule has 0 aliphatic heterocycles. The smallest absolute Gasteiger partial charge is 0.321 e. The van der Waals surface area contributed by atoms with Gasteiger partial charge in [-0.05, 0) is 18.2 Å². The first kappa shape index (κ1) is 15.4. The summed E-state index contributed by atoms with van der Waals surface area (Å²) in [6.45, 7) is -0.0822. The molecule has 1 unspecified atom stereocenters. The van der Waals surface area contributed by atoms with Crippen molar-refractivity contribution in [3.63, 3.8) is 0 Å². The molecule has 104 valence electrons. The Kier molecular flexibility index (Phi) is 6.27. The van der Waals surface area contributed by atoms with Crippen molar-refractivity contribution in [1.82, 2.24) is 5.32 Å². The van der Waals surface area contributed by atoms with E-state index in [1.54, 1.807) is 24.3 Å². The number of carbonyl (C=O) groups is 2. The molecular formula is C12H15ClN2O4. The molecule has 0 aliphatic carbocycles. The van der Waals surface area contributed by atoms with E-state index in [2.05, 4.69) is 10.6 Å². The van der Waals surface area contributed by atoms with Crippen LogP contribution in [0, 0.1) is 0 Å². The number of benzene rings is 1. The zero-order valence-corrected chi connectivity index (χ0v) is 10.9. The molecule has 1 aromatic carbocycles. The fourth-order valence-corrected chi connectivity index (χ4v) is 1.64. The van der Waals surface area contributed by atoms with E-state index < -0.39 is 17.9 Å². The Morgan fingerprint density at radius 1 is 1.37 bits per heavy atom. The summed E-state index contributed by atoms with van der Waals surface area (Å²) in [6.07, 6.45) is -0.234. The van der Waals surface area contributed by atoms with Crippen LogP contribution in [0.1, 0.15) is 6.42 Å². The van der Waals surface area contributed by atoms with Gasteiger partial charge in [-0.2, -0.15) is 0 Å². The molecule has 0 bridgehead atoms. The quantitative estimate of drug-likeness (QED) is 0.591. The number of anilines is 1. The Bertz CT molecular complexity index is 453. The van der Waals surface area contributed by atoms with Crippen molar-refractivity contribution in [2.45, 2.75) is 12.5 Å². The fourth-order valence-electron chi connectivity index (χ4n) is 1.45. The average molecular weight is 287 g/mol. The molecule has 6 nitrogen and oxygen atoms in total. The van der Waals surface area contributed by atoms with Crippen molar-refractivity contribution in [3.05, 3.63) is 29.3 Å². The number of nitrogens with one attached hydrogen (secondary N) is 2. The van der Waals surface area contributed by atoms with E-state index in [0.29, 0.717) is 10.7 Å². The van der Waals surface area contributed by atoms with Gasteiger partial charge in [0.05, 0.1) is 13.0 Å².